The molecule has 1 saturated heterocycles. The molecule has 1 aliphatic rings. The number of nitrogen functional groups attached to an aromatic ring is 1. The fourth-order valence-corrected chi connectivity index (χ4v) is 2.18. The van der Waals surface area contributed by atoms with E-state index in [2.05, 4.69) is 9.97 Å². The van der Waals surface area contributed by atoms with Crippen LogP contribution in [0.1, 0.15) is 12.6 Å². The summed E-state index contributed by atoms with van der Waals surface area (Å²) in [6, 6.07) is 0.125. The van der Waals surface area contributed by atoms with Gasteiger partial charge in [-0.05, 0) is 25.4 Å². The highest BCUT2D eigenvalue weighted by molar-refractivity contribution is 6.28. The topological polar surface area (TPSA) is 84.5 Å². The zero-order valence-corrected chi connectivity index (χ0v) is 11.2. The Kier molecular flexibility index (Phi) is 3.89. The molecule has 0 saturated carbocycles. The maximum Gasteiger partial charge on any atom is 0.224 e. The SMILES string of the molecule is Cc1nc(Cl)nc(N2CC(CO)OCC2C)c1N. The lowest BCUT2D eigenvalue weighted by Crippen LogP contribution is -2.50. The van der Waals surface area contributed by atoms with Crippen molar-refractivity contribution in [3.05, 3.63) is 11.0 Å². The van der Waals surface area contributed by atoms with E-state index >= 15 is 0 Å². The molecule has 100 valence electrons. The molecule has 0 radical (unpaired) electrons. The summed E-state index contributed by atoms with van der Waals surface area (Å²) in [7, 11) is 0. The van der Waals surface area contributed by atoms with Gasteiger partial charge in [-0.15, -0.1) is 0 Å². The Hall–Kier alpha value is -1.11. The van der Waals surface area contributed by atoms with Crippen LogP contribution in [0.3, 0.4) is 0 Å². The van der Waals surface area contributed by atoms with E-state index in [1.807, 2.05) is 11.8 Å². The highest BCUT2D eigenvalue weighted by Crippen LogP contribution is 2.28. The number of ether oxygens (including phenoxy) is 1. The average Bonchev–Trinajstić information content (AvgIpc) is 2.34. The quantitative estimate of drug-likeness (QED) is 0.768. The van der Waals surface area contributed by atoms with E-state index in [4.69, 9.17) is 22.1 Å². The summed E-state index contributed by atoms with van der Waals surface area (Å²) in [5.41, 5.74) is 7.18. The molecule has 6 nitrogen and oxygen atoms in total. The van der Waals surface area contributed by atoms with Crippen LogP contribution >= 0.6 is 11.6 Å². The van der Waals surface area contributed by atoms with Crippen LogP contribution in [0, 0.1) is 6.92 Å². The standard InChI is InChI=1S/C11H17ClN4O2/c1-6-5-18-8(4-17)3-16(6)10-9(13)7(2)14-11(12)15-10/h6,8,17H,3-5,13H2,1-2H3. The third-order valence-electron chi connectivity index (χ3n) is 3.07. The number of aliphatic hydroxyl groups is 1. The van der Waals surface area contributed by atoms with Gasteiger partial charge in [0.2, 0.25) is 5.28 Å². The number of aliphatic hydroxyl groups excluding tert-OH is 1. The van der Waals surface area contributed by atoms with Crippen LogP contribution in [-0.4, -0.2) is 47.0 Å². The maximum atomic E-state index is 9.18. The molecule has 0 aromatic carbocycles. The first-order valence-corrected chi connectivity index (χ1v) is 6.19. The minimum atomic E-state index is -0.227. The fourth-order valence-electron chi connectivity index (χ4n) is 1.97. The van der Waals surface area contributed by atoms with Gasteiger partial charge in [-0.2, -0.15) is 4.98 Å². The minimum absolute atomic E-state index is 0.0269. The molecule has 0 amide bonds. The first-order valence-electron chi connectivity index (χ1n) is 5.81. The van der Waals surface area contributed by atoms with E-state index in [-0.39, 0.29) is 24.0 Å². The molecule has 3 N–H and O–H groups in total. The largest absolute Gasteiger partial charge is 0.394 e. The Morgan fingerprint density at radius 1 is 1.56 bits per heavy atom. The van der Waals surface area contributed by atoms with Gasteiger partial charge in [0.05, 0.1) is 36.7 Å². The molecular weight excluding hydrogens is 256 g/mol. The zero-order chi connectivity index (χ0) is 13.3. The predicted octanol–water partition coefficient (Wildman–Crippen LogP) is 0.607. The van der Waals surface area contributed by atoms with Crippen molar-refractivity contribution >= 4 is 23.1 Å². The monoisotopic (exact) mass is 272 g/mol. The van der Waals surface area contributed by atoms with E-state index in [0.717, 1.165) is 0 Å². The van der Waals surface area contributed by atoms with Crippen molar-refractivity contribution in [2.45, 2.75) is 26.0 Å². The molecule has 0 bridgehead atoms. The Morgan fingerprint density at radius 3 is 2.94 bits per heavy atom. The Bertz CT molecular complexity index is 443. The number of hydrogen-bond donors (Lipinski definition) is 2. The molecule has 0 aliphatic carbocycles. The van der Waals surface area contributed by atoms with E-state index in [0.29, 0.717) is 30.4 Å². The molecule has 18 heavy (non-hydrogen) atoms. The Morgan fingerprint density at radius 2 is 2.28 bits per heavy atom. The van der Waals surface area contributed by atoms with Crippen molar-refractivity contribution in [1.82, 2.24) is 9.97 Å². The van der Waals surface area contributed by atoms with Crippen molar-refractivity contribution in [3.8, 4) is 0 Å². The number of rotatable bonds is 2. The summed E-state index contributed by atoms with van der Waals surface area (Å²) in [4.78, 5) is 10.2. The molecule has 2 heterocycles. The number of nitrogens with zero attached hydrogens (tertiary/aromatic N) is 3. The Balaban J connectivity index is 2.34. The summed E-state index contributed by atoms with van der Waals surface area (Å²) in [5, 5.41) is 9.36. The lowest BCUT2D eigenvalue weighted by atomic mass is 10.2. The summed E-state index contributed by atoms with van der Waals surface area (Å²) in [6.07, 6.45) is -0.227. The van der Waals surface area contributed by atoms with Crippen LogP contribution in [0.25, 0.3) is 0 Å². The second kappa shape index (κ2) is 5.26. The maximum absolute atomic E-state index is 9.18. The van der Waals surface area contributed by atoms with Gasteiger partial charge in [0.15, 0.2) is 5.82 Å². The van der Waals surface area contributed by atoms with Gasteiger partial charge in [-0.25, -0.2) is 4.98 Å². The van der Waals surface area contributed by atoms with Gasteiger partial charge in [0.25, 0.3) is 0 Å². The second-order valence-electron chi connectivity index (χ2n) is 4.45. The van der Waals surface area contributed by atoms with Crippen LogP contribution < -0.4 is 10.6 Å². The molecule has 1 fully saturated rings. The normalized spacial score (nSPS) is 24.3. The van der Waals surface area contributed by atoms with Gasteiger partial charge < -0.3 is 20.5 Å². The first kappa shape index (κ1) is 13.3. The number of morpholine rings is 1. The number of halogens is 1. The predicted molar refractivity (Wildman–Crippen MR) is 69.8 cm³/mol. The molecule has 2 atom stereocenters. The number of anilines is 2. The van der Waals surface area contributed by atoms with Crippen LogP contribution in [0.5, 0.6) is 0 Å². The fraction of sp³-hybridized carbons (Fsp3) is 0.636. The summed E-state index contributed by atoms with van der Waals surface area (Å²) < 4.78 is 5.48. The van der Waals surface area contributed by atoms with Crippen molar-refractivity contribution in [1.29, 1.82) is 0 Å². The number of hydrogen-bond acceptors (Lipinski definition) is 6. The highest BCUT2D eigenvalue weighted by Gasteiger charge is 2.28. The van der Waals surface area contributed by atoms with Crippen LogP contribution in [0.4, 0.5) is 11.5 Å². The van der Waals surface area contributed by atoms with Gasteiger partial charge in [0.1, 0.15) is 0 Å². The van der Waals surface area contributed by atoms with Crippen molar-refractivity contribution < 1.29 is 9.84 Å². The molecule has 7 heteroatoms. The van der Waals surface area contributed by atoms with Crippen LogP contribution in [0.15, 0.2) is 0 Å². The van der Waals surface area contributed by atoms with E-state index in [9.17, 15) is 5.11 Å². The molecule has 1 aromatic rings. The van der Waals surface area contributed by atoms with Crippen molar-refractivity contribution in [2.24, 2.45) is 0 Å². The van der Waals surface area contributed by atoms with E-state index < -0.39 is 0 Å². The van der Waals surface area contributed by atoms with Gasteiger partial charge in [-0.1, -0.05) is 0 Å². The number of aromatic nitrogens is 2. The van der Waals surface area contributed by atoms with Crippen LogP contribution in [-0.2, 0) is 4.74 Å². The highest BCUT2D eigenvalue weighted by atomic mass is 35.5. The lowest BCUT2D eigenvalue weighted by Gasteiger charge is -2.38. The third kappa shape index (κ3) is 2.50. The smallest absolute Gasteiger partial charge is 0.224 e. The van der Waals surface area contributed by atoms with Crippen molar-refractivity contribution in [2.75, 3.05) is 30.4 Å². The van der Waals surface area contributed by atoms with Crippen molar-refractivity contribution in [3.63, 3.8) is 0 Å². The zero-order valence-electron chi connectivity index (χ0n) is 10.4. The summed E-state index contributed by atoms with van der Waals surface area (Å²) in [5.74, 6) is 0.613. The lowest BCUT2D eigenvalue weighted by molar-refractivity contribution is -0.0105. The first-order chi connectivity index (χ1) is 8.52. The van der Waals surface area contributed by atoms with Gasteiger partial charge >= 0.3 is 0 Å². The van der Waals surface area contributed by atoms with Gasteiger partial charge in [-0.3, -0.25) is 0 Å². The number of aryl methyl sites for hydroxylation is 1. The Labute approximate surface area is 111 Å². The third-order valence-corrected chi connectivity index (χ3v) is 3.24. The molecule has 2 unspecified atom stereocenters. The molecular formula is C11H17ClN4O2. The summed E-state index contributed by atoms with van der Waals surface area (Å²) in [6.45, 7) is 4.83. The minimum Gasteiger partial charge on any atom is -0.394 e. The van der Waals surface area contributed by atoms with Crippen LogP contribution in [0.2, 0.25) is 5.28 Å². The van der Waals surface area contributed by atoms with E-state index in [1.165, 1.54) is 0 Å². The number of nitrogens with two attached hydrogens (primary N) is 1. The molecule has 2 rings (SSSR count). The molecule has 1 aliphatic heterocycles. The second-order valence-corrected chi connectivity index (χ2v) is 4.79. The molecule has 1 aromatic heterocycles. The summed E-state index contributed by atoms with van der Waals surface area (Å²) >= 11 is 5.87. The van der Waals surface area contributed by atoms with E-state index in [1.54, 1.807) is 6.92 Å². The molecule has 0 spiro atoms. The van der Waals surface area contributed by atoms with Gasteiger partial charge in [0, 0.05) is 6.54 Å². The average molecular weight is 273 g/mol.